The number of fused-ring (bicyclic) bond motifs is 2. The summed E-state index contributed by atoms with van der Waals surface area (Å²) in [6.07, 6.45) is 1.40. The molecule has 26 heavy (non-hydrogen) atoms. The number of nitrogens with zero attached hydrogens (tertiary/aromatic N) is 1. The molecule has 3 aliphatic heterocycles. The quantitative estimate of drug-likeness (QED) is 0.835. The summed E-state index contributed by atoms with van der Waals surface area (Å²) in [4.78, 5) is 14.8. The van der Waals surface area contributed by atoms with Crippen LogP contribution in [0.3, 0.4) is 0 Å². The molecule has 1 amide bonds. The highest BCUT2D eigenvalue weighted by Crippen LogP contribution is 2.35. The number of hydrogen-bond acceptors (Lipinski definition) is 4. The molecule has 5 heteroatoms. The van der Waals surface area contributed by atoms with Gasteiger partial charge in [-0.3, -0.25) is 4.79 Å². The number of carbonyl (C=O) groups excluding carboxylic acids is 1. The molecule has 5 nitrogen and oxygen atoms in total. The normalized spacial score (nSPS) is 23.5. The molecular weight excluding hydrogens is 330 g/mol. The third-order valence-corrected chi connectivity index (χ3v) is 5.47. The summed E-state index contributed by atoms with van der Waals surface area (Å²) in [7, 11) is 0. The van der Waals surface area contributed by atoms with Gasteiger partial charge in [0.1, 0.15) is 12.4 Å². The summed E-state index contributed by atoms with van der Waals surface area (Å²) in [6.45, 7) is 2.54. The molecule has 5 rings (SSSR count). The molecule has 0 saturated carbocycles. The fourth-order valence-corrected chi connectivity index (χ4v) is 4.04. The number of amides is 1. The van der Waals surface area contributed by atoms with Crippen LogP contribution in [0.4, 0.5) is 0 Å². The molecule has 0 radical (unpaired) electrons. The van der Waals surface area contributed by atoms with Crippen LogP contribution in [0.25, 0.3) is 0 Å². The topological polar surface area (TPSA) is 48.0 Å². The highest BCUT2D eigenvalue weighted by molar-refractivity contribution is 5.82. The minimum absolute atomic E-state index is 0.0199. The van der Waals surface area contributed by atoms with Crippen molar-refractivity contribution in [2.45, 2.75) is 24.9 Å². The number of para-hydroxylation sites is 2. The lowest BCUT2D eigenvalue weighted by atomic mass is 9.96. The first-order chi connectivity index (χ1) is 12.8. The fraction of sp³-hybridized carbons (Fsp3) is 0.381. The smallest absolute Gasteiger partial charge is 0.267 e. The number of likely N-dealkylation sites (tertiary alicyclic amines) is 1. The predicted molar refractivity (Wildman–Crippen MR) is 95.9 cm³/mol. The van der Waals surface area contributed by atoms with Crippen molar-refractivity contribution in [3.8, 4) is 17.2 Å². The van der Waals surface area contributed by atoms with E-state index in [1.54, 1.807) is 0 Å². The molecule has 0 aliphatic carbocycles. The molecular formula is C21H21NO4. The number of ether oxygens (including phenoxy) is 3. The van der Waals surface area contributed by atoms with Crippen molar-refractivity contribution in [3.63, 3.8) is 0 Å². The fourth-order valence-electron chi connectivity index (χ4n) is 4.04. The maximum Gasteiger partial charge on any atom is 0.267 e. The van der Waals surface area contributed by atoms with E-state index in [-0.39, 0.29) is 12.5 Å². The standard InChI is InChI=1S/C21H21NO4/c23-21(20-13-25-18-3-1-2-4-19(18)26-20)22-9-7-16(12-22)14-5-6-17-15(11-14)8-10-24-17/h1-6,11,16,20H,7-10,12-13H2/t16-,20+/m0/s1. The molecule has 3 heterocycles. The van der Waals surface area contributed by atoms with Gasteiger partial charge in [0.25, 0.3) is 5.91 Å². The van der Waals surface area contributed by atoms with Crippen LogP contribution in [0.5, 0.6) is 17.2 Å². The van der Waals surface area contributed by atoms with Crippen LogP contribution in [-0.2, 0) is 11.2 Å². The van der Waals surface area contributed by atoms with Crippen molar-refractivity contribution >= 4 is 5.91 Å². The Morgan fingerprint density at radius 1 is 1.04 bits per heavy atom. The van der Waals surface area contributed by atoms with Crippen molar-refractivity contribution in [1.82, 2.24) is 4.90 Å². The van der Waals surface area contributed by atoms with Crippen molar-refractivity contribution in [2.24, 2.45) is 0 Å². The zero-order valence-corrected chi connectivity index (χ0v) is 14.5. The molecule has 0 N–H and O–H groups in total. The van der Waals surface area contributed by atoms with Crippen LogP contribution in [0.2, 0.25) is 0 Å². The lowest BCUT2D eigenvalue weighted by Crippen LogP contribution is -2.45. The Labute approximate surface area is 152 Å². The lowest BCUT2D eigenvalue weighted by Gasteiger charge is -2.28. The highest BCUT2D eigenvalue weighted by Gasteiger charge is 2.35. The summed E-state index contributed by atoms with van der Waals surface area (Å²) < 4.78 is 17.2. The zero-order valence-electron chi connectivity index (χ0n) is 14.5. The summed E-state index contributed by atoms with van der Waals surface area (Å²) in [6, 6.07) is 13.9. The molecule has 2 aromatic rings. The Kier molecular flexibility index (Phi) is 3.73. The highest BCUT2D eigenvalue weighted by atomic mass is 16.6. The van der Waals surface area contributed by atoms with Gasteiger partial charge in [-0.05, 0) is 35.7 Å². The van der Waals surface area contributed by atoms with Gasteiger partial charge in [-0.1, -0.05) is 24.3 Å². The van der Waals surface area contributed by atoms with E-state index in [1.807, 2.05) is 29.2 Å². The summed E-state index contributed by atoms with van der Waals surface area (Å²) >= 11 is 0. The largest absolute Gasteiger partial charge is 0.493 e. The maximum absolute atomic E-state index is 12.9. The van der Waals surface area contributed by atoms with E-state index in [9.17, 15) is 4.79 Å². The number of benzene rings is 2. The first-order valence-electron chi connectivity index (χ1n) is 9.21. The number of carbonyl (C=O) groups is 1. The second-order valence-electron chi connectivity index (χ2n) is 7.10. The minimum atomic E-state index is -0.558. The number of rotatable bonds is 2. The molecule has 134 valence electrons. The van der Waals surface area contributed by atoms with Crippen LogP contribution >= 0.6 is 0 Å². The average Bonchev–Trinajstić information content (AvgIpc) is 3.35. The van der Waals surface area contributed by atoms with Crippen LogP contribution in [0.1, 0.15) is 23.5 Å². The van der Waals surface area contributed by atoms with Crippen LogP contribution < -0.4 is 14.2 Å². The van der Waals surface area contributed by atoms with E-state index in [0.29, 0.717) is 17.4 Å². The Balaban J connectivity index is 1.27. The first-order valence-corrected chi connectivity index (χ1v) is 9.21. The molecule has 1 fully saturated rings. The second kappa shape index (κ2) is 6.24. The molecule has 2 aromatic carbocycles. The van der Waals surface area contributed by atoms with Crippen LogP contribution in [0.15, 0.2) is 42.5 Å². The molecule has 0 aromatic heterocycles. The van der Waals surface area contributed by atoms with Crippen LogP contribution in [0, 0.1) is 0 Å². The first kappa shape index (κ1) is 15.6. The van der Waals surface area contributed by atoms with Gasteiger partial charge in [0.15, 0.2) is 11.5 Å². The van der Waals surface area contributed by atoms with E-state index in [0.717, 1.165) is 38.3 Å². The van der Waals surface area contributed by atoms with E-state index in [1.165, 1.54) is 11.1 Å². The average molecular weight is 351 g/mol. The Morgan fingerprint density at radius 2 is 1.92 bits per heavy atom. The minimum Gasteiger partial charge on any atom is -0.493 e. The SMILES string of the molecule is O=C([C@H]1COc2ccccc2O1)N1CC[C@H](c2ccc3c(c2)CCO3)C1. The van der Waals surface area contributed by atoms with E-state index >= 15 is 0 Å². The molecule has 1 saturated heterocycles. The zero-order chi connectivity index (χ0) is 17.5. The van der Waals surface area contributed by atoms with Gasteiger partial charge >= 0.3 is 0 Å². The summed E-state index contributed by atoms with van der Waals surface area (Å²) in [5, 5.41) is 0. The Bertz CT molecular complexity index is 850. The summed E-state index contributed by atoms with van der Waals surface area (Å²) in [5.41, 5.74) is 2.59. The van der Waals surface area contributed by atoms with Crippen molar-refractivity contribution in [2.75, 3.05) is 26.3 Å². The maximum atomic E-state index is 12.9. The Hall–Kier alpha value is -2.69. The van der Waals surface area contributed by atoms with E-state index in [2.05, 4.69) is 18.2 Å². The molecule has 0 spiro atoms. The third-order valence-electron chi connectivity index (χ3n) is 5.47. The van der Waals surface area contributed by atoms with Crippen molar-refractivity contribution in [1.29, 1.82) is 0 Å². The molecule has 3 aliphatic rings. The van der Waals surface area contributed by atoms with Gasteiger partial charge in [0.05, 0.1) is 6.61 Å². The van der Waals surface area contributed by atoms with Gasteiger partial charge in [-0.25, -0.2) is 0 Å². The van der Waals surface area contributed by atoms with Crippen molar-refractivity contribution < 1.29 is 19.0 Å². The molecule has 2 atom stereocenters. The van der Waals surface area contributed by atoms with Gasteiger partial charge < -0.3 is 19.1 Å². The number of hydrogen-bond donors (Lipinski definition) is 0. The second-order valence-corrected chi connectivity index (χ2v) is 7.10. The van der Waals surface area contributed by atoms with Gasteiger partial charge in [-0.15, -0.1) is 0 Å². The Morgan fingerprint density at radius 3 is 2.85 bits per heavy atom. The third kappa shape index (κ3) is 2.68. The van der Waals surface area contributed by atoms with Gasteiger partial charge in [0, 0.05) is 25.4 Å². The van der Waals surface area contributed by atoms with Crippen molar-refractivity contribution in [3.05, 3.63) is 53.6 Å². The van der Waals surface area contributed by atoms with Gasteiger partial charge in [-0.2, -0.15) is 0 Å². The molecule has 0 unspecified atom stereocenters. The monoisotopic (exact) mass is 351 g/mol. The predicted octanol–water partition coefficient (Wildman–Crippen LogP) is 2.78. The van der Waals surface area contributed by atoms with E-state index in [4.69, 9.17) is 14.2 Å². The summed E-state index contributed by atoms with van der Waals surface area (Å²) in [5.74, 6) is 2.75. The lowest BCUT2D eigenvalue weighted by molar-refractivity contribution is -0.140. The van der Waals surface area contributed by atoms with Crippen LogP contribution in [-0.4, -0.2) is 43.2 Å². The van der Waals surface area contributed by atoms with E-state index < -0.39 is 6.10 Å². The molecule has 0 bridgehead atoms. The van der Waals surface area contributed by atoms with Gasteiger partial charge in [0.2, 0.25) is 6.10 Å².